The number of aromatic nitrogens is 1. The minimum absolute atomic E-state index is 0.0489. The third-order valence-corrected chi connectivity index (χ3v) is 5.19. The molecule has 1 aromatic carbocycles. The second-order valence-corrected chi connectivity index (χ2v) is 7.36. The Balaban J connectivity index is 1.63. The van der Waals surface area contributed by atoms with Gasteiger partial charge in [-0.15, -0.1) is 5.10 Å². The highest BCUT2D eigenvalue weighted by Crippen LogP contribution is 2.34. The summed E-state index contributed by atoms with van der Waals surface area (Å²) in [6.45, 7) is 0.187. The summed E-state index contributed by atoms with van der Waals surface area (Å²) in [4.78, 5) is 29.4. The molecule has 0 atom stereocenters. The zero-order chi connectivity index (χ0) is 21.6. The number of hydrogen-bond donors (Lipinski definition) is 0. The molecule has 3 heterocycles. The van der Waals surface area contributed by atoms with Crippen molar-refractivity contribution in [3.05, 3.63) is 99.1 Å². The molecule has 0 saturated carbocycles. The van der Waals surface area contributed by atoms with Crippen LogP contribution in [0.3, 0.4) is 0 Å². The van der Waals surface area contributed by atoms with Crippen LogP contribution in [0.2, 0.25) is 0 Å². The van der Waals surface area contributed by atoms with Gasteiger partial charge in [0.2, 0.25) is 0 Å². The molecule has 9 nitrogen and oxygen atoms in total. The Morgan fingerprint density at radius 2 is 2.06 bits per heavy atom. The molecule has 1 amide bonds. The fraction of sp³-hybridized carbons (Fsp3) is 0.0476. The van der Waals surface area contributed by atoms with Crippen molar-refractivity contribution in [3.63, 3.8) is 0 Å². The predicted octanol–water partition coefficient (Wildman–Crippen LogP) is 4.09. The van der Waals surface area contributed by atoms with E-state index in [1.54, 1.807) is 55.0 Å². The van der Waals surface area contributed by atoms with Crippen LogP contribution < -0.4 is 0 Å². The van der Waals surface area contributed by atoms with Gasteiger partial charge in [0.05, 0.1) is 28.9 Å². The van der Waals surface area contributed by atoms with Gasteiger partial charge >= 0.3 is 0 Å². The Kier molecular flexibility index (Phi) is 5.99. The van der Waals surface area contributed by atoms with Crippen molar-refractivity contribution in [1.29, 1.82) is 0 Å². The fourth-order valence-corrected chi connectivity index (χ4v) is 3.69. The molecule has 0 bridgehead atoms. The third kappa shape index (κ3) is 4.93. The molecular weight excluding hydrogens is 418 g/mol. The smallest absolute Gasteiger partial charge is 0.270 e. The van der Waals surface area contributed by atoms with E-state index in [9.17, 15) is 14.9 Å². The zero-order valence-electron chi connectivity index (χ0n) is 16.0. The SMILES string of the molecule is O=C1/C(=C/c2cccc([N+](=O)[O-])c2)S/C(=N/N=C\c2cccnc2)N1Cc1ccco1. The van der Waals surface area contributed by atoms with Crippen molar-refractivity contribution in [2.24, 2.45) is 10.2 Å². The minimum atomic E-state index is -0.477. The Labute approximate surface area is 181 Å². The van der Waals surface area contributed by atoms with E-state index in [-0.39, 0.29) is 18.1 Å². The van der Waals surface area contributed by atoms with Gasteiger partial charge in [0.15, 0.2) is 5.17 Å². The molecule has 0 spiro atoms. The van der Waals surface area contributed by atoms with Gasteiger partial charge in [0, 0.05) is 30.1 Å². The Morgan fingerprint density at radius 1 is 1.19 bits per heavy atom. The van der Waals surface area contributed by atoms with E-state index in [1.165, 1.54) is 23.3 Å². The van der Waals surface area contributed by atoms with Crippen LogP contribution in [0.25, 0.3) is 6.08 Å². The summed E-state index contributed by atoms with van der Waals surface area (Å²) in [6.07, 6.45) is 7.97. The first-order valence-corrected chi connectivity index (χ1v) is 9.91. The highest BCUT2D eigenvalue weighted by molar-refractivity contribution is 8.18. The van der Waals surface area contributed by atoms with Crippen LogP contribution in [-0.4, -0.2) is 32.1 Å². The molecule has 1 fully saturated rings. The number of benzene rings is 1. The number of nitrogens with zero attached hydrogens (tertiary/aromatic N) is 5. The number of amides is 1. The lowest BCUT2D eigenvalue weighted by Crippen LogP contribution is -2.28. The van der Waals surface area contributed by atoms with Crippen molar-refractivity contribution >= 4 is 40.8 Å². The molecule has 10 heteroatoms. The normalized spacial score (nSPS) is 16.6. The number of nitro benzene ring substituents is 1. The molecule has 0 unspecified atom stereocenters. The standard InChI is InChI=1S/C21H15N5O4S/c27-20-19(11-15-4-1-6-17(10-15)26(28)29)31-21(25(20)14-18-7-3-9-30-18)24-23-13-16-5-2-8-22-12-16/h1-13H,14H2/b19-11-,23-13-,24-21+. The van der Waals surface area contributed by atoms with E-state index < -0.39 is 4.92 Å². The maximum Gasteiger partial charge on any atom is 0.270 e. The van der Waals surface area contributed by atoms with Crippen LogP contribution >= 0.6 is 11.8 Å². The number of thioether (sulfide) groups is 1. The number of non-ortho nitro benzene ring substituents is 1. The molecule has 4 rings (SSSR count). The zero-order valence-corrected chi connectivity index (χ0v) is 16.8. The van der Waals surface area contributed by atoms with E-state index in [0.29, 0.717) is 21.4 Å². The van der Waals surface area contributed by atoms with Crippen LogP contribution in [0.5, 0.6) is 0 Å². The topological polar surface area (TPSA) is 114 Å². The van der Waals surface area contributed by atoms with E-state index >= 15 is 0 Å². The monoisotopic (exact) mass is 433 g/mol. The van der Waals surface area contributed by atoms with Gasteiger partial charge < -0.3 is 4.42 Å². The number of nitro groups is 1. The van der Waals surface area contributed by atoms with Gasteiger partial charge in [0.25, 0.3) is 11.6 Å². The van der Waals surface area contributed by atoms with Gasteiger partial charge in [-0.25, -0.2) is 0 Å². The maximum absolute atomic E-state index is 13.0. The van der Waals surface area contributed by atoms with E-state index in [1.807, 2.05) is 6.07 Å². The molecular formula is C21H15N5O4S. The summed E-state index contributed by atoms with van der Waals surface area (Å²) in [5.74, 6) is 0.303. The molecule has 3 aromatic rings. The number of amidine groups is 1. The molecule has 154 valence electrons. The fourth-order valence-electron chi connectivity index (χ4n) is 2.76. The minimum Gasteiger partial charge on any atom is -0.467 e. The van der Waals surface area contributed by atoms with Crippen LogP contribution in [0.15, 0.2) is 86.7 Å². The lowest BCUT2D eigenvalue weighted by molar-refractivity contribution is -0.384. The molecule has 1 aliphatic heterocycles. The molecule has 0 N–H and O–H groups in total. The molecule has 2 aromatic heterocycles. The van der Waals surface area contributed by atoms with Gasteiger partial charge in [0.1, 0.15) is 5.76 Å². The van der Waals surface area contributed by atoms with Crippen molar-refractivity contribution < 1.29 is 14.1 Å². The predicted molar refractivity (Wildman–Crippen MR) is 117 cm³/mol. The lowest BCUT2D eigenvalue weighted by Gasteiger charge is -2.12. The third-order valence-electron chi connectivity index (χ3n) is 4.20. The number of rotatable bonds is 6. The van der Waals surface area contributed by atoms with Crippen LogP contribution in [0.1, 0.15) is 16.9 Å². The number of furan rings is 1. The molecule has 1 aliphatic rings. The summed E-state index contributed by atoms with van der Waals surface area (Å²) in [7, 11) is 0. The van der Waals surface area contributed by atoms with Crippen LogP contribution in [0, 0.1) is 10.1 Å². The van der Waals surface area contributed by atoms with Gasteiger partial charge in [-0.3, -0.25) is 24.8 Å². The first-order chi connectivity index (χ1) is 15.1. The molecule has 0 radical (unpaired) electrons. The van der Waals surface area contributed by atoms with E-state index in [0.717, 1.165) is 17.3 Å². The Morgan fingerprint density at radius 3 is 2.81 bits per heavy atom. The van der Waals surface area contributed by atoms with Crippen molar-refractivity contribution in [2.45, 2.75) is 6.54 Å². The second kappa shape index (κ2) is 9.18. The highest BCUT2D eigenvalue weighted by Gasteiger charge is 2.34. The number of carbonyl (C=O) groups excluding carboxylic acids is 1. The van der Waals surface area contributed by atoms with E-state index in [4.69, 9.17) is 4.42 Å². The number of carbonyl (C=O) groups is 1. The average Bonchev–Trinajstić information content (AvgIpc) is 3.39. The van der Waals surface area contributed by atoms with E-state index in [2.05, 4.69) is 15.2 Å². The van der Waals surface area contributed by atoms with Crippen molar-refractivity contribution in [2.75, 3.05) is 0 Å². The summed E-state index contributed by atoms with van der Waals surface area (Å²) >= 11 is 1.14. The molecule has 0 aliphatic carbocycles. The maximum atomic E-state index is 13.0. The second-order valence-electron chi connectivity index (χ2n) is 6.35. The first kappa shape index (κ1) is 20.2. The lowest BCUT2D eigenvalue weighted by atomic mass is 10.2. The quantitative estimate of drug-likeness (QED) is 0.250. The largest absolute Gasteiger partial charge is 0.467 e. The Bertz CT molecular complexity index is 1190. The van der Waals surface area contributed by atoms with Crippen molar-refractivity contribution in [1.82, 2.24) is 9.88 Å². The summed E-state index contributed by atoms with van der Waals surface area (Å²) in [5.41, 5.74) is 1.27. The van der Waals surface area contributed by atoms with Crippen LogP contribution in [0.4, 0.5) is 5.69 Å². The number of pyridine rings is 1. The summed E-state index contributed by atoms with van der Waals surface area (Å²) in [6, 6.07) is 13.2. The summed E-state index contributed by atoms with van der Waals surface area (Å²) < 4.78 is 5.36. The molecule has 1 saturated heterocycles. The van der Waals surface area contributed by atoms with Crippen molar-refractivity contribution in [3.8, 4) is 0 Å². The Hall–Kier alpha value is -4.05. The average molecular weight is 433 g/mol. The number of hydrogen-bond acceptors (Lipinski definition) is 8. The molecule has 31 heavy (non-hydrogen) atoms. The first-order valence-electron chi connectivity index (χ1n) is 9.09. The summed E-state index contributed by atoms with van der Waals surface area (Å²) in [5, 5.41) is 19.7. The van der Waals surface area contributed by atoms with Gasteiger partial charge in [-0.1, -0.05) is 18.2 Å². The van der Waals surface area contributed by atoms with Crippen LogP contribution in [-0.2, 0) is 11.3 Å². The van der Waals surface area contributed by atoms with Gasteiger partial charge in [-0.2, -0.15) is 5.10 Å². The highest BCUT2D eigenvalue weighted by atomic mass is 32.2. The van der Waals surface area contributed by atoms with Gasteiger partial charge in [-0.05, 0) is 41.6 Å².